The maximum absolute atomic E-state index is 12.7. The number of allylic oxidation sites excluding steroid dienone is 2. The minimum Gasteiger partial charge on any atom is -0.391 e. The molecule has 0 fully saturated rings. The van der Waals surface area contributed by atoms with Crippen LogP contribution < -0.4 is 11.1 Å². The van der Waals surface area contributed by atoms with E-state index in [0.29, 0.717) is 12.8 Å². The van der Waals surface area contributed by atoms with Crippen molar-refractivity contribution in [2.24, 2.45) is 5.73 Å². The number of carbonyl (C=O) groups is 1. The Morgan fingerprint density at radius 1 is 0.653 bits per heavy atom. The number of rotatable bonds is 39. The van der Waals surface area contributed by atoms with Gasteiger partial charge in [-0.3, -0.25) is 13.8 Å². The van der Waals surface area contributed by atoms with Gasteiger partial charge in [0.1, 0.15) is 0 Å². The van der Waals surface area contributed by atoms with Gasteiger partial charge in [-0.1, -0.05) is 174 Å². The smallest absolute Gasteiger partial charge is 0.391 e. The first-order valence-corrected chi connectivity index (χ1v) is 22.3. The van der Waals surface area contributed by atoms with E-state index >= 15 is 0 Å². The molecule has 9 heteroatoms. The summed E-state index contributed by atoms with van der Waals surface area (Å²) < 4.78 is 22.1. The molecule has 0 aromatic heterocycles. The second kappa shape index (κ2) is 37.0. The van der Waals surface area contributed by atoms with Crippen molar-refractivity contribution in [3.05, 3.63) is 12.2 Å². The molecular weight excluding hydrogens is 635 g/mol. The molecule has 0 aliphatic carbocycles. The fraction of sp³-hybridized carbons (Fsp3) is 0.925. The molecule has 3 unspecified atom stereocenters. The summed E-state index contributed by atoms with van der Waals surface area (Å²) in [5.41, 5.74) is 5.37. The topological polar surface area (TPSA) is 131 Å². The first-order valence-electron chi connectivity index (χ1n) is 20.8. The molecule has 5 N–H and O–H groups in total. The van der Waals surface area contributed by atoms with Crippen LogP contribution >= 0.6 is 7.82 Å². The molecule has 0 aromatic carbocycles. The van der Waals surface area contributed by atoms with Crippen molar-refractivity contribution >= 4 is 13.7 Å². The highest BCUT2D eigenvalue weighted by Crippen LogP contribution is 2.43. The Balaban J connectivity index is 4.15. The molecule has 0 saturated heterocycles. The van der Waals surface area contributed by atoms with Gasteiger partial charge in [-0.05, 0) is 38.5 Å². The van der Waals surface area contributed by atoms with Crippen molar-refractivity contribution in [3.63, 3.8) is 0 Å². The summed E-state index contributed by atoms with van der Waals surface area (Å²) in [6.07, 6.45) is 39.3. The Kier molecular flexibility index (Phi) is 36.4. The number of amides is 1. The number of phosphoric ester groups is 1. The fourth-order valence-electron chi connectivity index (χ4n) is 6.19. The van der Waals surface area contributed by atoms with E-state index in [1.807, 2.05) is 0 Å². The zero-order valence-corrected chi connectivity index (χ0v) is 33.1. The maximum Gasteiger partial charge on any atom is 0.472 e. The molecule has 49 heavy (non-hydrogen) atoms. The number of unbranched alkanes of at least 4 members (excludes halogenated alkanes) is 25. The van der Waals surface area contributed by atoms with E-state index in [4.69, 9.17) is 14.8 Å². The zero-order chi connectivity index (χ0) is 36.1. The Morgan fingerprint density at radius 3 is 1.51 bits per heavy atom. The molecule has 0 rings (SSSR count). The van der Waals surface area contributed by atoms with Crippen LogP contribution in [0.5, 0.6) is 0 Å². The van der Waals surface area contributed by atoms with Gasteiger partial charge in [0.15, 0.2) is 0 Å². The SMILES string of the molecule is CCCCCCCCC/C=C\CCCCCCCCCC(=O)NC(COP(=O)(O)OCCN)C(O)CCCCCCCCCCCCCC. The lowest BCUT2D eigenvalue weighted by Gasteiger charge is -2.25. The number of aliphatic hydroxyl groups excluding tert-OH is 1. The molecule has 0 bridgehead atoms. The van der Waals surface area contributed by atoms with Gasteiger partial charge < -0.3 is 21.1 Å². The number of phosphoric acid groups is 1. The van der Waals surface area contributed by atoms with Gasteiger partial charge in [-0.2, -0.15) is 0 Å². The average Bonchev–Trinajstić information content (AvgIpc) is 3.09. The van der Waals surface area contributed by atoms with Crippen LogP contribution in [0.3, 0.4) is 0 Å². The highest BCUT2D eigenvalue weighted by molar-refractivity contribution is 7.47. The lowest BCUT2D eigenvalue weighted by Crippen LogP contribution is -2.46. The van der Waals surface area contributed by atoms with Gasteiger partial charge in [0.05, 0.1) is 25.4 Å². The third-order valence-electron chi connectivity index (χ3n) is 9.37. The largest absolute Gasteiger partial charge is 0.472 e. The highest BCUT2D eigenvalue weighted by atomic mass is 31.2. The summed E-state index contributed by atoms with van der Waals surface area (Å²) in [6, 6.07) is -0.772. The standard InChI is InChI=1S/C40H81N2O6P/c1-3-5-7-9-11-13-15-17-18-19-20-21-22-24-26-28-30-32-34-40(44)42-38(37-48-49(45,46)47-36-35-41)39(43)33-31-29-27-25-23-16-14-12-10-8-6-4-2/h18-19,38-39,43H,3-17,20-37,41H2,1-2H3,(H,42,44)(H,45,46)/b19-18-. The Hall–Kier alpha value is -0.760. The van der Waals surface area contributed by atoms with Crippen molar-refractivity contribution in [2.75, 3.05) is 19.8 Å². The van der Waals surface area contributed by atoms with E-state index < -0.39 is 20.0 Å². The number of nitrogens with one attached hydrogen (secondary N) is 1. The molecule has 0 saturated carbocycles. The Bertz CT molecular complexity index is 784. The highest BCUT2D eigenvalue weighted by Gasteiger charge is 2.27. The van der Waals surface area contributed by atoms with Gasteiger partial charge in [0, 0.05) is 13.0 Å². The molecule has 0 heterocycles. The molecular formula is C40H81N2O6P. The first kappa shape index (κ1) is 48.2. The molecule has 0 aromatic rings. The number of aliphatic hydroxyl groups is 1. The van der Waals surface area contributed by atoms with E-state index in [-0.39, 0.29) is 25.7 Å². The Morgan fingerprint density at radius 2 is 1.06 bits per heavy atom. The van der Waals surface area contributed by atoms with E-state index in [9.17, 15) is 19.4 Å². The summed E-state index contributed by atoms with van der Waals surface area (Å²) in [4.78, 5) is 22.7. The van der Waals surface area contributed by atoms with Crippen LogP contribution in [0.15, 0.2) is 12.2 Å². The van der Waals surface area contributed by atoms with Crippen molar-refractivity contribution in [2.45, 2.75) is 219 Å². The summed E-state index contributed by atoms with van der Waals surface area (Å²) in [7, 11) is -4.31. The number of hydrogen-bond acceptors (Lipinski definition) is 6. The third-order valence-corrected chi connectivity index (χ3v) is 10.4. The van der Waals surface area contributed by atoms with Crippen LogP contribution in [0, 0.1) is 0 Å². The minimum absolute atomic E-state index is 0.0897. The number of nitrogens with two attached hydrogens (primary N) is 1. The number of carbonyl (C=O) groups excluding carboxylic acids is 1. The van der Waals surface area contributed by atoms with Crippen LogP contribution in [-0.2, 0) is 18.4 Å². The molecule has 0 aliphatic heterocycles. The Labute approximate surface area is 303 Å². The second-order valence-electron chi connectivity index (χ2n) is 14.2. The zero-order valence-electron chi connectivity index (χ0n) is 32.2. The van der Waals surface area contributed by atoms with Gasteiger partial charge in [-0.15, -0.1) is 0 Å². The van der Waals surface area contributed by atoms with Crippen molar-refractivity contribution < 1.29 is 28.4 Å². The molecule has 0 spiro atoms. The lowest BCUT2D eigenvalue weighted by molar-refractivity contribution is -0.123. The summed E-state index contributed by atoms with van der Waals surface area (Å²) in [6.45, 7) is 4.20. The van der Waals surface area contributed by atoms with Gasteiger partial charge in [-0.25, -0.2) is 4.57 Å². The second-order valence-corrected chi connectivity index (χ2v) is 15.7. The van der Waals surface area contributed by atoms with Crippen LogP contribution in [0.25, 0.3) is 0 Å². The van der Waals surface area contributed by atoms with Crippen LogP contribution in [0.4, 0.5) is 0 Å². The summed E-state index contributed by atoms with van der Waals surface area (Å²) in [5, 5.41) is 13.8. The van der Waals surface area contributed by atoms with Crippen molar-refractivity contribution in [3.8, 4) is 0 Å². The molecule has 1 amide bonds. The first-order chi connectivity index (χ1) is 23.9. The third kappa shape index (κ3) is 35.4. The van der Waals surface area contributed by atoms with Gasteiger partial charge in [0.25, 0.3) is 0 Å². The van der Waals surface area contributed by atoms with Crippen LogP contribution in [-0.4, -0.2) is 47.8 Å². The molecule has 292 valence electrons. The lowest BCUT2D eigenvalue weighted by atomic mass is 10.0. The quantitative estimate of drug-likeness (QED) is 0.0283. The molecule has 8 nitrogen and oxygen atoms in total. The van der Waals surface area contributed by atoms with E-state index in [0.717, 1.165) is 38.5 Å². The van der Waals surface area contributed by atoms with Crippen molar-refractivity contribution in [1.82, 2.24) is 5.32 Å². The summed E-state index contributed by atoms with van der Waals surface area (Å²) >= 11 is 0. The predicted molar refractivity (Wildman–Crippen MR) is 208 cm³/mol. The summed E-state index contributed by atoms with van der Waals surface area (Å²) in [5.74, 6) is -0.165. The van der Waals surface area contributed by atoms with Crippen LogP contribution in [0.2, 0.25) is 0 Å². The number of hydrogen-bond donors (Lipinski definition) is 4. The average molecular weight is 717 g/mol. The minimum atomic E-state index is -4.31. The molecule has 3 atom stereocenters. The molecule has 0 radical (unpaired) electrons. The van der Waals surface area contributed by atoms with Crippen molar-refractivity contribution in [1.29, 1.82) is 0 Å². The van der Waals surface area contributed by atoms with Gasteiger partial charge >= 0.3 is 7.82 Å². The van der Waals surface area contributed by atoms with E-state index in [1.54, 1.807) is 0 Å². The predicted octanol–water partition coefficient (Wildman–Crippen LogP) is 11.2. The normalized spacial score (nSPS) is 14.3. The molecule has 0 aliphatic rings. The van der Waals surface area contributed by atoms with E-state index in [2.05, 4.69) is 31.3 Å². The fourth-order valence-corrected chi connectivity index (χ4v) is 6.95. The van der Waals surface area contributed by atoms with Gasteiger partial charge in [0.2, 0.25) is 5.91 Å². The monoisotopic (exact) mass is 717 g/mol. The van der Waals surface area contributed by atoms with Crippen LogP contribution in [0.1, 0.15) is 206 Å². The maximum atomic E-state index is 12.7. The van der Waals surface area contributed by atoms with E-state index in [1.165, 1.54) is 141 Å².